The molecule has 8 heteroatoms. The topological polar surface area (TPSA) is 92.8 Å². The number of hydrogen-bond acceptors (Lipinski definition) is 5. The number of esters is 1. The van der Waals surface area contributed by atoms with E-state index in [2.05, 4.69) is 5.32 Å². The zero-order valence-corrected chi connectivity index (χ0v) is 20.1. The van der Waals surface area contributed by atoms with Crippen molar-refractivity contribution in [1.82, 2.24) is 4.31 Å². The van der Waals surface area contributed by atoms with Gasteiger partial charge in [0.15, 0.2) is 0 Å². The van der Waals surface area contributed by atoms with Crippen LogP contribution >= 0.6 is 0 Å². The van der Waals surface area contributed by atoms with Gasteiger partial charge in [0, 0.05) is 24.7 Å². The summed E-state index contributed by atoms with van der Waals surface area (Å²) in [5.74, 6) is -0.789. The molecule has 178 valence electrons. The summed E-state index contributed by atoms with van der Waals surface area (Å²) >= 11 is 0. The molecule has 0 spiro atoms. The number of benzene rings is 2. The van der Waals surface area contributed by atoms with Gasteiger partial charge in [-0.3, -0.25) is 4.79 Å². The lowest BCUT2D eigenvalue weighted by Gasteiger charge is -2.30. The van der Waals surface area contributed by atoms with Gasteiger partial charge in [-0.2, -0.15) is 0 Å². The molecule has 7 nitrogen and oxygen atoms in total. The Hall–Kier alpha value is -2.71. The van der Waals surface area contributed by atoms with Gasteiger partial charge in [0.25, 0.3) is 0 Å². The number of aryl methyl sites for hydroxylation is 1. The van der Waals surface area contributed by atoms with Crippen LogP contribution in [0.5, 0.6) is 0 Å². The maximum absolute atomic E-state index is 12.8. The zero-order chi connectivity index (χ0) is 23.8. The standard InChI is InChI=1S/C25H32N2O5S/c1-3-4-17-32-25(29)21-9-11-23(12-10-21)26-24(28)20-13-15-27(16-14-20)33(30,31)18-22-8-6-5-7-19(22)2/h5-12,20H,3-4,13-18H2,1-2H3,(H,26,28). The van der Waals surface area contributed by atoms with E-state index in [0.717, 1.165) is 24.0 Å². The molecule has 0 aromatic heterocycles. The van der Waals surface area contributed by atoms with Gasteiger partial charge in [-0.05, 0) is 61.6 Å². The predicted molar refractivity (Wildman–Crippen MR) is 128 cm³/mol. The summed E-state index contributed by atoms with van der Waals surface area (Å²) in [6.45, 7) is 4.99. The van der Waals surface area contributed by atoms with Crippen molar-refractivity contribution in [2.45, 2.75) is 45.3 Å². The molecule has 0 bridgehead atoms. The molecule has 0 atom stereocenters. The highest BCUT2D eigenvalue weighted by Gasteiger charge is 2.31. The molecule has 0 aliphatic carbocycles. The molecule has 2 aromatic rings. The molecule has 0 unspecified atom stereocenters. The molecule has 1 aliphatic heterocycles. The van der Waals surface area contributed by atoms with E-state index in [1.54, 1.807) is 24.3 Å². The Balaban J connectivity index is 1.50. The zero-order valence-electron chi connectivity index (χ0n) is 19.2. The van der Waals surface area contributed by atoms with Crippen molar-refractivity contribution in [2.24, 2.45) is 5.92 Å². The smallest absolute Gasteiger partial charge is 0.338 e. The number of nitrogens with zero attached hydrogens (tertiary/aromatic N) is 1. The molecule has 1 aliphatic rings. The van der Waals surface area contributed by atoms with Gasteiger partial charge < -0.3 is 10.1 Å². The van der Waals surface area contributed by atoms with Crippen LogP contribution in [0.2, 0.25) is 0 Å². The Morgan fingerprint density at radius 2 is 1.73 bits per heavy atom. The molecule has 1 heterocycles. The predicted octanol–water partition coefficient (Wildman–Crippen LogP) is 4.13. The molecule has 3 rings (SSSR count). The molecule has 0 saturated carbocycles. The SMILES string of the molecule is CCCCOC(=O)c1ccc(NC(=O)C2CCN(S(=O)(=O)Cc3ccccc3C)CC2)cc1. The number of nitrogens with one attached hydrogen (secondary N) is 1. The van der Waals surface area contributed by atoms with E-state index >= 15 is 0 Å². The summed E-state index contributed by atoms with van der Waals surface area (Å²) < 4.78 is 32.3. The maximum Gasteiger partial charge on any atom is 0.338 e. The van der Waals surface area contributed by atoms with Crippen LogP contribution in [0.3, 0.4) is 0 Å². The number of hydrogen-bond donors (Lipinski definition) is 1. The quantitative estimate of drug-likeness (QED) is 0.438. The lowest BCUT2D eigenvalue weighted by Crippen LogP contribution is -2.41. The highest BCUT2D eigenvalue weighted by Crippen LogP contribution is 2.24. The summed E-state index contributed by atoms with van der Waals surface area (Å²) in [5.41, 5.74) is 2.79. The first-order valence-corrected chi connectivity index (χ1v) is 13.0. The number of carbonyl (C=O) groups excluding carboxylic acids is 2. The van der Waals surface area contributed by atoms with Crippen LogP contribution in [0.15, 0.2) is 48.5 Å². The number of ether oxygens (including phenoxy) is 1. The van der Waals surface area contributed by atoms with Gasteiger partial charge in [0.1, 0.15) is 0 Å². The van der Waals surface area contributed by atoms with Gasteiger partial charge >= 0.3 is 5.97 Å². The number of piperidine rings is 1. The molecule has 2 aromatic carbocycles. The number of carbonyl (C=O) groups is 2. The van der Waals surface area contributed by atoms with Crippen LogP contribution in [0, 0.1) is 12.8 Å². The number of sulfonamides is 1. The third-order valence-corrected chi connectivity index (χ3v) is 7.76. The van der Waals surface area contributed by atoms with Gasteiger partial charge in [-0.25, -0.2) is 17.5 Å². The molecule has 0 radical (unpaired) electrons. The fraction of sp³-hybridized carbons (Fsp3) is 0.440. The lowest BCUT2D eigenvalue weighted by atomic mass is 9.97. The van der Waals surface area contributed by atoms with Crippen molar-refractivity contribution in [3.63, 3.8) is 0 Å². The summed E-state index contributed by atoms with van der Waals surface area (Å²) in [7, 11) is -3.43. The number of amides is 1. The molecular formula is C25H32N2O5S. The second kappa shape index (κ2) is 11.4. The first kappa shape index (κ1) is 24.9. The lowest BCUT2D eigenvalue weighted by molar-refractivity contribution is -0.120. The molecule has 1 amide bonds. The number of rotatable bonds is 9. The fourth-order valence-electron chi connectivity index (χ4n) is 3.78. The van der Waals surface area contributed by atoms with Crippen molar-refractivity contribution >= 4 is 27.6 Å². The van der Waals surface area contributed by atoms with E-state index in [1.165, 1.54) is 4.31 Å². The average molecular weight is 473 g/mol. The van der Waals surface area contributed by atoms with E-state index in [1.807, 2.05) is 38.1 Å². The third-order valence-electron chi connectivity index (χ3n) is 5.94. The summed E-state index contributed by atoms with van der Waals surface area (Å²) in [5, 5.41) is 2.87. The highest BCUT2D eigenvalue weighted by molar-refractivity contribution is 7.88. The minimum Gasteiger partial charge on any atom is -0.462 e. The van der Waals surface area contributed by atoms with Crippen LogP contribution < -0.4 is 5.32 Å². The third kappa shape index (κ3) is 6.88. The Kier molecular flexibility index (Phi) is 8.63. The Bertz CT molecular complexity index is 1060. The van der Waals surface area contributed by atoms with E-state index in [4.69, 9.17) is 4.74 Å². The van der Waals surface area contributed by atoms with E-state index in [0.29, 0.717) is 43.8 Å². The second-order valence-corrected chi connectivity index (χ2v) is 10.4. The first-order valence-electron chi connectivity index (χ1n) is 11.4. The molecule has 1 saturated heterocycles. The van der Waals surface area contributed by atoms with E-state index in [-0.39, 0.29) is 23.5 Å². The minimum atomic E-state index is -3.43. The molecule has 1 N–H and O–H groups in total. The van der Waals surface area contributed by atoms with Gasteiger partial charge in [0.2, 0.25) is 15.9 Å². The fourth-order valence-corrected chi connectivity index (χ4v) is 5.45. The molecule has 33 heavy (non-hydrogen) atoms. The molecule has 1 fully saturated rings. The van der Waals surface area contributed by atoms with Gasteiger partial charge in [-0.1, -0.05) is 37.6 Å². The average Bonchev–Trinajstić information content (AvgIpc) is 2.81. The first-order chi connectivity index (χ1) is 15.8. The second-order valence-electron chi connectivity index (χ2n) is 8.41. The Labute approximate surface area is 196 Å². The van der Waals surface area contributed by atoms with Crippen LogP contribution in [0.1, 0.15) is 54.1 Å². The van der Waals surface area contributed by atoms with E-state index in [9.17, 15) is 18.0 Å². The van der Waals surface area contributed by atoms with Crippen LogP contribution in [-0.4, -0.2) is 44.3 Å². The Morgan fingerprint density at radius 1 is 1.06 bits per heavy atom. The number of anilines is 1. The maximum atomic E-state index is 12.8. The largest absolute Gasteiger partial charge is 0.462 e. The van der Waals surface area contributed by atoms with Crippen molar-refractivity contribution in [1.29, 1.82) is 0 Å². The minimum absolute atomic E-state index is 0.0240. The van der Waals surface area contributed by atoms with Gasteiger partial charge in [0.05, 0.1) is 17.9 Å². The number of unbranched alkanes of at least 4 members (excludes halogenated alkanes) is 1. The summed E-state index contributed by atoms with van der Waals surface area (Å²) in [6, 6.07) is 14.1. The van der Waals surface area contributed by atoms with Crippen LogP contribution in [0.4, 0.5) is 5.69 Å². The van der Waals surface area contributed by atoms with Crippen molar-refractivity contribution in [2.75, 3.05) is 25.0 Å². The van der Waals surface area contributed by atoms with Gasteiger partial charge in [-0.15, -0.1) is 0 Å². The van der Waals surface area contributed by atoms with E-state index < -0.39 is 10.0 Å². The van der Waals surface area contributed by atoms with Crippen molar-refractivity contribution in [3.05, 3.63) is 65.2 Å². The molecular weight excluding hydrogens is 440 g/mol. The normalized spacial score (nSPS) is 15.2. The van der Waals surface area contributed by atoms with Crippen LogP contribution in [0.25, 0.3) is 0 Å². The highest BCUT2D eigenvalue weighted by atomic mass is 32.2. The van der Waals surface area contributed by atoms with Crippen molar-refractivity contribution < 1.29 is 22.7 Å². The van der Waals surface area contributed by atoms with Crippen LogP contribution in [-0.2, 0) is 25.3 Å². The summed E-state index contributed by atoms with van der Waals surface area (Å²) in [6.07, 6.45) is 2.73. The van der Waals surface area contributed by atoms with Crippen molar-refractivity contribution in [3.8, 4) is 0 Å². The Morgan fingerprint density at radius 3 is 2.36 bits per heavy atom. The monoisotopic (exact) mass is 472 g/mol. The summed E-state index contributed by atoms with van der Waals surface area (Å²) in [4.78, 5) is 24.7.